The molecule has 0 aliphatic carbocycles. The third-order valence-electron chi connectivity index (χ3n) is 3.90. The fraction of sp³-hybridized carbons (Fsp3) is 0.286. The van der Waals surface area contributed by atoms with Gasteiger partial charge < -0.3 is 15.2 Å². The number of nitrogens with two attached hydrogens (primary N) is 1. The zero-order valence-corrected chi connectivity index (χ0v) is 15.3. The summed E-state index contributed by atoms with van der Waals surface area (Å²) >= 11 is 0. The maximum atomic E-state index is 12.2. The van der Waals surface area contributed by atoms with Gasteiger partial charge in [0.15, 0.2) is 19.0 Å². The van der Waals surface area contributed by atoms with Crippen LogP contribution in [-0.4, -0.2) is 30.9 Å². The van der Waals surface area contributed by atoms with Gasteiger partial charge in [0, 0.05) is 5.56 Å². The molecule has 6 nitrogen and oxygen atoms in total. The number of Topliss-reactive ketones (excluding diaryl/α,β-unsaturated/α-hetero) is 1. The Labute approximate surface area is 158 Å². The lowest BCUT2D eigenvalue weighted by molar-refractivity contribution is -0.119. The number of esters is 1. The quantitative estimate of drug-likeness (QED) is 0.513. The SMILES string of the molecule is CCCCc1ccc(C(=O)COC(=O)c2ccc(OCC(N)=O)cc2)cc1. The summed E-state index contributed by atoms with van der Waals surface area (Å²) in [5, 5.41) is 0. The van der Waals surface area contributed by atoms with Crippen molar-refractivity contribution in [3.8, 4) is 5.75 Å². The van der Waals surface area contributed by atoms with E-state index < -0.39 is 11.9 Å². The Morgan fingerprint density at radius 3 is 2.11 bits per heavy atom. The van der Waals surface area contributed by atoms with Crippen molar-refractivity contribution in [3.63, 3.8) is 0 Å². The molecule has 0 heterocycles. The monoisotopic (exact) mass is 369 g/mol. The molecule has 0 radical (unpaired) electrons. The van der Waals surface area contributed by atoms with E-state index in [-0.39, 0.29) is 24.6 Å². The summed E-state index contributed by atoms with van der Waals surface area (Å²) in [6.45, 7) is 1.57. The molecule has 2 aromatic rings. The van der Waals surface area contributed by atoms with Crippen molar-refractivity contribution in [1.29, 1.82) is 0 Å². The van der Waals surface area contributed by atoms with Crippen LogP contribution in [0.4, 0.5) is 0 Å². The number of rotatable bonds is 10. The predicted molar refractivity (Wildman–Crippen MR) is 101 cm³/mol. The van der Waals surface area contributed by atoms with E-state index in [0.717, 1.165) is 19.3 Å². The molecule has 0 aromatic heterocycles. The van der Waals surface area contributed by atoms with Crippen LogP contribution in [0.15, 0.2) is 48.5 Å². The molecule has 0 saturated heterocycles. The molecule has 1 amide bonds. The molecule has 0 spiro atoms. The van der Waals surface area contributed by atoms with Crippen molar-refractivity contribution >= 4 is 17.7 Å². The molecular weight excluding hydrogens is 346 g/mol. The van der Waals surface area contributed by atoms with E-state index in [1.807, 2.05) is 12.1 Å². The number of amides is 1. The molecular formula is C21H23NO5. The van der Waals surface area contributed by atoms with E-state index in [0.29, 0.717) is 11.3 Å². The second kappa shape index (κ2) is 10.1. The van der Waals surface area contributed by atoms with Crippen LogP contribution in [0, 0.1) is 0 Å². The number of aryl methyl sites for hydroxylation is 1. The predicted octanol–water partition coefficient (Wildman–Crippen LogP) is 2.93. The molecule has 0 unspecified atom stereocenters. The summed E-state index contributed by atoms with van der Waals surface area (Å²) in [6, 6.07) is 13.4. The molecule has 0 aliphatic heterocycles. The smallest absolute Gasteiger partial charge is 0.338 e. The summed E-state index contributed by atoms with van der Waals surface area (Å²) in [4.78, 5) is 34.9. The Hall–Kier alpha value is -3.15. The minimum atomic E-state index is -0.607. The average Bonchev–Trinajstić information content (AvgIpc) is 2.69. The summed E-state index contributed by atoms with van der Waals surface area (Å²) in [6.07, 6.45) is 3.21. The summed E-state index contributed by atoms with van der Waals surface area (Å²) in [5.74, 6) is -1.05. The van der Waals surface area contributed by atoms with Crippen LogP contribution in [0.2, 0.25) is 0 Å². The normalized spacial score (nSPS) is 10.3. The topological polar surface area (TPSA) is 95.7 Å². The molecule has 0 fully saturated rings. The van der Waals surface area contributed by atoms with Crippen molar-refractivity contribution in [3.05, 3.63) is 65.2 Å². The van der Waals surface area contributed by atoms with Crippen LogP contribution < -0.4 is 10.5 Å². The van der Waals surface area contributed by atoms with Gasteiger partial charge >= 0.3 is 5.97 Å². The van der Waals surface area contributed by atoms with E-state index in [4.69, 9.17) is 15.2 Å². The van der Waals surface area contributed by atoms with Gasteiger partial charge in [0.25, 0.3) is 5.91 Å². The van der Waals surface area contributed by atoms with Gasteiger partial charge in [0.2, 0.25) is 0 Å². The highest BCUT2D eigenvalue weighted by Gasteiger charge is 2.12. The number of benzene rings is 2. The van der Waals surface area contributed by atoms with E-state index in [2.05, 4.69) is 6.92 Å². The fourth-order valence-electron chi connectivity index (χ4n) is 2.38. The Morgan fingerprint density at radius 1 is 0.889 bits per heavy atom. The van der Waals surface area contributed by atoms with Gasteiger partial charge in [-0.3, -0.25) is 9.59 Å². The van der Waals surface area contributed by atoms with Crippen LogP contribution >= 0.6 is 0 Å². The van der Waals surface area contributed by atoms with Crippen molar-refractivity contribution in [2.24, 2.45) is 5.73 Å². The standard InChI is InChI=1S/C21H23NO5/c1-2-3-4-15-5-7-16(8-6-15)19(23)13-27-21(25)17-9-11-18(12-10-17)26-14-20(22)24/h5-12H,2-4,13-14H2,1H3,(H2,22,24). The third kappa shape index (κ3) is 6.58. The van der Waals surface area contributed by atoms with Crippen LogP contribution in [-0.2, 0) is 16.0 Å². The first kappa shape index (κ1) is 20.2. The molecule has 27 heavy (non-hydrogen) atoms. The lowest BCUT2D eigenvalue weighted by Gasteiger charge is -2.07. The number of primary amides is 1. The molecule has 0 atom stereocenters. The van der Waals surface area contributed by atoms with Crippen LogP contribution in [0.1, 0.15) is 46.0 Å². The number of hydrogen-bond acceptors (Lipinski definition) is 5. The molecule has 2 aromatic carbocycles. The summed E-state index contributed by atoms with van der Waals surface area (Å²) < 4.78 is 10.2. The number of hydrogen-bond donors (Lipinski definition) is 1. The van der Waals surface area contributed by atoms with Crippen LogP contribution in [0.5, 0.6) is 5.75 Å². The number of carbonyl (C=O) groups excluding carboxylic acids is 3. The molecule has 6 heteroatoms. The minimum absolute atomic E-state index is 0.241. The van der Waals surface area contributed by atoms with Crippen molar-refractivity contribution in [2.75, 3.05) is 13.2 Å². The molecule has 142 valence electrons. The van der Waals surface area contributed by atoms with Gasteiger partial charge in [-0.05, 0) is 42.7 Å². The lowest BCUT2D eigenvalue weighted by atomic mass is 10.0. The van der Waals surface area contributed by atoms with E-state index in [1.54, 1.807) is 12.1 Å². The first-order chi connectivity index (χ1) is 13.0. The molecule has 0 bridgehead atoms. The first-order valence-corrected chi connectivity index (χ1v) is 8.80. The highest BCUT2D eigenvalue weighted by molar-refractivity contribution is 5.99. The molecule has 0 aliphatic rings. The van der Waals surface area contributed by atoms with Gasteiger partial charge in [-0.25, -0.2) is 4.79 Å². The van der Waals surface area contributed by atoms with Crippen LogP contribution in [0.3, 0.4) is 0 Å². The number of carbonyl (C=O) groups is 3. The van der Waals surface area contributed by atoms with Gasteiger partial charge in [-0.1, -0.05) is 37.6 Å². The highest BCUT2D eigenvalue weighted by Crippen LogP contribution is 2.13. The van der Waals surface area contributed by atoms with Crippen molar-refractivity contribution in [1.82, 2.24) is 0 Å². The molecule has 0 saturated carbocycles. The fourth-order valence-corrected chi connectivity index (χ4v) is 2.38. The van der Waals surface area contributed by atoms with E-state index >= 15 is 0 Å². The lowest BCUT2D eigenvalue weighted by Crippen LogP contribution is -2.20. The maximum Gasteiger partial charge on any atom is 0.338 e. The van der Waals surface area contributed by atoms with E-state index in [9.17, 15) is 14.4 Å². The zero-order chi connectivity index (χ0) is 19.6. The largest absolute Gasteiger partial charge is 0.484 e. The van der Waals surface area contributed by atoms with E-state index in [1.165, 1.54) is 29.8 Å². The summed E-state index contributed by atoms with van der Waals surface area (Å²) in [5.41, 5.74) is 6.97. The first-order valence-electron chi connectivity index (χ1n) is 8.80. The van der Waals surface area contributed by atoms with Crippen molar-refractivity contribution < 1.29 is 23.9 Å². The number of unbranched alkanes of at least 4 members (excludes halogenated alkanes) is 1. The Balaban J connectivity index is 1.85. The maximum absolute atomic E-state index is 12.2. The Kier molecular flexibility index (Phi) is 7.55. The van der Waals surface area contributed by atoms with Gasteiger partial charge in [0.1, 0.15) is 5.75 Å². The van der Waals surface area contributed by atoms with Crippen molar-refractivity contribution in [2.45, 2.75) is 26.2 Å². The minimum Gasteiger partial charge on any atom is -0.484 e. The summed E-state index contributed by atoms with van der Waals surface area (Å²) in [7, 11) is 0. The average molecular weight is 369 g/mol. The van der Waals surface area contributed by atoms with Gasteiger partial charge in [0.05, 0.1) is 5.56 Å². The van der Waals surface area contributed by atoms with Gasteiger partial charge in [-0.15, -0.1) is 0 Å². The third-order valence-corrected chi connectivity index (χ3v) is 3.90. The Morgan fingerprint density at radius 2 is 1.52 bits per heavy atom. The molecule has 2 N–H and O–H groups in total. The Bertz CT molecular complexity index is 781. The second-order valence-electron chi connectivity index (χ2n) is 6.08. The highest BCUT2D eigenvalue weighted by atomic mass is 16.5. The second-order valence-corrected chi connectivity index (χ2v) is 6.08. The number of ketones is 1. The van der Waals surface area contributed by atoms with Gasteiger partial charge in [-0.2, -0.15) is 0 Å². The zero-order valence-electron chi connectivity index (χ0n) is 15.3. The number of ether oxygens (including phenoxy) is 2. The van der Waals surface area contributed by atoms with Crippen LogP contribution in [0.25, 0.3) is 0 Å². The molecule has 2 rings (SSSR count).